The standard InChI is InChI=1S/C16H16N4O/c1-2-14-18-16(21-19-14)15-13-9-5-7-11-6-3-4-8-12(11)20(13)10-17-15/h3-4,6,8,10H,2,5,7,9H2,1H3. The molecule has 0 saturated carbocycles. The van der Waals surface area contributed by atoms with Gasteiger partial charge in [-0.05, 0) is 30.9 Å². The zero-order valence-electron chi connectivity index (χ0n) is 11.9. The molecule has 0 unspecified atom stereocenters. The van der Waals surface area contributed by atoms with E-state index < -0.39 is 0 Å². The number of aryl methyl sites for hydroxylation is 2. The van der Waals surface area contributed by atoms with Crippen molar-refractivity contribution in [1.82, 2.24) is 19.7 Å². The molecule has 1 aromatic carbocycles. The maximum absolute atomic E-state index is 5.36. The number of rotatable bonds is 2. The highest BCUT2D eigenvalue weighted by Crippen LogP contribution is 2.29. The zero-order valence-corrected chi connectivity index (χ0v) is 11.9. The van der Waals surface area contributed by atoms with Gasteiger partial charge in [0.1, 0.15) is 12.0 Å². The fraction of sp³-hybridized carbons (Fsp3) is 0.312. The Morgan fingerprint density at radius 1 is 1.24 bits per heavy atom. The predicted molar refractivity (Wildman–Crippen MR) is 78.3 cm³/mol. The van der Waals surface area contributed by atoms with Gasteiger partial charge < -0.3 is 9.09 Å². The molecule has 4 rings (SSSR count). The lowest BCUT2D eigenvalue weighted by Gasteiger charge is -2.08. The molecule has 5 nitrogen and oxygen atoms in total. The average molecular weight is 280 g/mol. The summed E-state index contributed by atoms with van der Waals surface area (Å²) in [7, 11) is 0. The number of imidazole rings is 1. The number of aromatic nitrogens is 4. The van der Waals surface area contributed by atoms with Crippen molar-refractivity contribution in [2.45, 2.75) is 32.6 Å². The van der Waals surface area contributed by atoms with Crippen LogP contribution in [0.15, 0.2) is 35.1 Å². The average Bonchev–Trinajstić information content (AvgIpc) is 3.10. The highest BCUT2D eigenvalue weighted by molar-refractivity contribution is 5.55. The van der Waals surface area contributed by atoms with Gasteiger partial charge in [-0.25, -0.2) is 4.98 Å². The van der Waals surface area contributed by atoms with Crippen LogP contribution in [-0.4, -0.2) is 19.7 Å². The SMILES string of the molecule is CCc1noc(-c2ncn3c2CCCc2ccccc2-3)n1. The van der Waals surface area contributed by atoms with Crippen molar-refractivity contribution < 1.29 is 4.52 Å². The van der Waals surface area contributed by atoms with E-state index in [-0.39, 0.29) is 0 Å². The van der Waals surface area contributed by atoms with Crippen LogP contribution in [0.4, 0.5) is 0 Å². The zero-order chi connectivity index (χ0) is 14.2. The van der Waals surface area contributed by atoms with Crippen LogP contribution < -0.4 is 0 Å². The van der Waals surface area contributed by atoms with Gasteiger partial charge in [0, 0.05) is 12.1 Å². The largest absolute Gasteiger partial charge is 0.332 e. The molecule has 0 amide bonds. The van der Waals surface area contributed by atoms with E-state index in [1.54, 1.807) is 0 Å². The van der Waals surface area contributed by atoms with E-state index in [1.165, 1.54) is 11.3 Å². The van der Waals surface area contributed by atoms with E-state index in [0.29, 0.717) is 5.89 Å². The number of nitrogens with zero attached hydrogens (tertiary/aromatic N) is 4. The van der Waals surface area contributed by atoms with Crippen LogP contribution in [0.25, 0.3) is 17.3 Å². The second-order valence-electron chi connectivity index (χ2n) is 5.26. The molecule has 3 heterocycles. The highest BCUT2D eigenvalue weighted by Gasteiger charge is 2.22. The van der Waals surface area contributed by atoms with Crippen molar-refractivity contribution in [2.24, 2.45) is 0 Å². The van der Waals surface area contributed by atoms with Crippen LogP contribution in [0.2, 0.25) is 0 Å². The molecule has 0 atom stereocenters. The minimum absolute atomic E-state index is 0.528. The quantitative estimate of drug-likeness (QED) is 0.724. The summed E-state index contributed by atoms with van der Waals surface area (Å²) < 4.78 is 7.52. The van der Waals surface area contributed by atoms with E-state index >= 15 is 0 Å². The molecule has 0 saturated heterocycles. The van der Waals surface area contributed by atoms with Crippen LogP contribution in [0.3, 0.4) is 0 Å². The van der Waals surface area contributed by atoms with Crippen LogP contribution in [0.5, 0.6) is 0 Å². The second kappa shape index (κ2) is 4.84. The van der Waals surface area contributed by atoms with E-state index in [0.717, 1.165) is 42.9 Å². The third-order valence-electron chi connectivity index (χ3n) is 3.96. The molecular weight excluding hydrogens is 264 g/mol. The summed E-state index contributed by atoms with van der Waals surface area (Å²) in [6.07, 6.45) is 5.78. The van der Waals surface area contributed by atoms with Gasteiger partial charge in [-0.15, -0.1) is 0 Å². The van der Waals surface area contributed by atoms with Crippen molar-refractivity contribution in [3.8, 4) is 17.3 Å². The van der Waals surface area contributed by atoms with E-state index in [9.17, 15) is 0 Å². The maximum atomic E-state index is 5.36. The van der Waals surface area contributed by atoms with Crippen LogP contribution in [-0.2, 0) is 19.3 Å². The maximum Gasteiger partial charge on any atom is 0.278 e. The molecule has 0 N–H and O–H groups in total. The molecule has 3 aromatic rings. The van der Waals surface area contributed by atoms with Crippen molar-refractivity contribution in [3.63, 3.8) is 0 Å². The molecule has 0 fully saturated rings. The van der Waals surface area contributed by atoms with Crippen LogP contribution in [0.1, 0.15) is 30.4 Å². The molecular formula is C16H16N4O. The monoisotopic (exact) mass is 280 g/mol. The Morgan fingerprint density at radius 3 is 3.00 bits per heavy atom. The fourth-order valence-electron chi connectivity index (χ4n) is 2.90. The molecule has 2 aromatic heterocycles. The molecule has 1 aliphatic rings. The molecule has 0 bridgehead atoms. The number of para-hydroxylation sites is 1. The van der Waals surface area contributed by atoms with Crippen LogP contribution in [0, 0.1) is 0 Å². The summed E-state index contributed by atoms with van der Waals surface area (Å²) >= 11 is 0. The van der Waals surface area contributed by atoms with Gasteiger partial charge >= 0.3 is 0 Å². The molecule has 106 valence electrons. The second-order valence-corrected chi connectivity index (χ2v) is 5.26. The number of benzene rings is 1. The summed E-state index contributed by atoms with van der Waals surface area (Å²) in [5.41, 5.74) is 4.55. The molecule has 5 heteroatoms. The molecule has 0 aliphatic carbocycles. The van der Waals surface area contributed by atoms with Crippen molar-refractivity contribution in [3.05, 3.63) is 47.7 Å². The Labute approximate surface area is 122 Å². The van der Waals surface area contributed by atoms with E-state index in [2.05, 4.69) is 44.0 Å². The molecule has 1 aliphatic heterocycles. The Balaban J connectivity index is 1.86. The van der Waals surface area contributed by atoms with Crippen molar-refractivity contribution in [1.29, 1.82) is 0 Å². The first-order chi connectivity index (χ1) is 10.4. The predicted octanol–water partition coefficient (Wildman–Crippen LogP) is 2.97. The smallest absolute Gasteiger partial charge is 0.278 e. The number of fused-ring (bicyclic) bond motifs is 3. The fourth-order valence-corrected chi connectivity index (χ4v) is 2.90. The number of hydrogen-bond acceptors (Lipinski definition) is 4. The van der Waals surface area contributed by atoms with Crippen molar-refractivity contribution >= 4 is 0 Å². The van der Waals surface area contributed by atoms with Gasteiger partial charge in [-0.3, -0.25) is 0 Å². The Kier molecular flexibility index (Phi) is 2.84. The molecule has 21 heavy (non-hydrogen) atoms. The van der Waals surface area contributed by atoms with Gasteiger partial charge in [0.15, 0.2) is 5.82 Å². The van der Waals surface area contributed by atoms with Crippen LogP contribution >= 0.6 is 0 Å². The molecule has 0 radical (unpaired) electrons. The Morgan fingerprint density at radius 2 is 2.14 bits per heavy atom. The summed E-state index contributed by atoms with van der Waals surface area (Å²) in [4.78, 5) is 8.94. The Bertz CT molecular complexity index is 787. The minimum Gasteiger partial charge on any atom is -0.332 e. The van der Waals surface area contributed by atoms with E-state index in [4.69, 9.17) is 4.52 Å². The normalized spacial score (nSPS) is 13.6. The van der Waals surface area contributed by atoms with Crippen molar-refractivity contribution in [2.75, 3.05) is 0 Å². The first kappa shape index (κ1) is 12.3. The lowest BCUT2D eigenvalue weighted by Crippen LogP contribution is -1.99. The summed E-state index contributed by atoms with van der Waals surface area (Å²) in [6, 6.07) is 8.48. The third-order valence-corrected chi connectivity index (χ3v) is 3.96. The minimum atomic E-state index is 0.528. The van der Waals surface area contributed by atoms with E-state index in [1.807, 2.05) is 13.3 Å². The summed E-state index contributed by atoms with van der Waals surface area (Å²) in [6.45, 7) is 2.01. The van der Waals surface area contributed by atoms with Gasteiger partial charge in [0.2, 0.25) is 0 Å². The first-order valence-corrected chi connectivity index (χ1v) is 7.34. The third kappa shape index (κ3) is 1.96. The lowest BCUT2D eigenvalue weighted by molar-refractivity contribution is 0.422. The lowest BCUT2D eigenvalue weighted by atomic mass is 10.1. The summed E-state index contributed by atoms with van der Waals surface area (Å²) in [5.74, 6) is 1.25. The van der Waals surface area contributed by atoms with Gasteiger partial charge in [0.05, 0.1) is 5.69 Å². The van der Waals surface area contributed by atoms with Gasteiger partial charge in [-0.1, -0.05) is 30.3 Å². The first-order valence-electron chi connectivity index (χ1n) is 7.34. The molecule has 0 spiro atoms. The van der Waals surface area contributed by atoms with Gasteiger partial charge in [0.25, 0.3) is 5.89 Å². The Hall–Kier alpha value is -2.43. The van der Waals surface area contributed by atoms with Gasteiger partial charge in [-0.2, -0.15) is 4.98 Å². The summed E-state index contributed by atoms with van der Waals surface area (Å²) in [5, 5.41) is 3.97. The highest BCUT2D eigenvalue weighted by atomic mass is 16.5. The topological polar surface area (TPSA) is 56.7 Å². The number of hydrogen-bond donors (Lipinski definition) is 0.